The molecule has 0 aliphatic carbocycles. The van der Waals surface area contributed by atoms with Gasteiger partial charge in [0.1, 0.15) is 0 Å². The fourth-order valence-electron chi connectivity index (χ4n) is 1.14. The Kier molecular flexibility index (Phi) is 1.68. The van der Waals surface area contributed by atoms with Gasteiger partial charge in [-0.1, -0.05) is 0 Å². The van der Waals surface area contributed by atoms with Crippen molar-refractivity contribution in [3.05, 3.63) is 11.3 Å². The van der Waals surface area contributed by atoms with E-state index in [1.165, 1.54) is 0 Å². The maximum Gasteiger partial charge on any atom is 0.256 e. The third-order valence-electron chi connectivity index (χ3n) is 1.73. The highest BCUT2D eigenvalue weighted by Gasteiger charge is 2.33. The van der Waals surface area contributed by atoms with Crippen LogP contribution in [0.2, 0.25) is 0 Å². The van der Waals surface area contributed by atoms with Gasteiger partial charge in [-0.3, -0.25) is 14.9 Å². The number of carbonyl (C=O) groups is 2. The minimum atomic E-state index is -0.396. The topological polar surface area (TPSA) is 72.2 Å². The van der Waals surface area contributed by atoms with Crippen molar-refractivity contribution in [3.8, 4) is 0 Å². The standard InChI is InChI=1S/C7H10N2O2/c1-3-5(4(2)8)7(11)9-6(3)10/h3H,8H2,1-2H3,(H,9,10,11). The molecule has 1 heterocycles. The van der Waals surface area contributed by atoms with Crippen LogP contribution in [0.3, 0.4) is 0 Å². The molecule has 1 rings (SSSR count). The quantitative estimate of drug-likeness (QED) is 0.365. The van der Waals surface area contributed by atoms with Crippen molar-refractivity contribution in [2.24, 2.45) is 11.7 Å². The molecule has 0 bridgehead atoms. The molecule has 1 atom stereocenters. The molecule has 1 saturated heterocycles. The van der Waals surface area contributed by atoms with E-state index in [4.69, 9.17) is 5.73 Å². The molecule has 0 spiro atoms. The predicted octanol–water partition coefficient (Wildman–Crippen LogP) is -0.488. The Balaban J connectivity index is 3.08. The molecule has 1 aliphatic heterocycles. The second-order valence-corrected chi connectivity index (χ2v) is 2.64. The first-order chi connectivity index (χ1) is 5.04. The third kappa shape index (κ3) is 1.11. The molecule has 0 aromatic heterocycles. The molecule has 3 N–H and O–H groups in total. The van der Waals surface area contributed by atoms with Gasteiger partial charge in [0.25, 0.3) is 5.91 Å². The fraction of sp³-hybridized carbons (Fsp3) is 0.429. The third-order valence-corrected chi connectivity index (χ3v) is 1.73. The Morgan fingerprint density at radius 2 is 2.09 bits per heavy atom. The second kappa shape index (κ2) is 2.38. The number of nitrogens with two attached hydrogens (primary N) is 1. The van der Waals surface area contributed by atoms with Crippen LogP contribution in [0.5, 0.6) is 0 Å². The Morgan fingerprint density at radius 1 is 1.55 bits per heavy atom. The van der Waals surface area contributed by atoms with Gasteiger partial charge in [0.05, 0.1) is 5.92 Å². The summed E-state index contributed by atoms with van der Waals surface area (Å²) in [6.45, 7) is 3.27. The summed E-state index contributed by atoms with van der Waals surface area (Å²) in [7, 11) is 0. The number of nitrogens with one attached hydrogen (secondary N) is 1. The lowest BCUT2D eigenvalue weighted by atomic mass is 10.0. The molecule has 1 aliphatic rings. The van der Waals surface area contributed by atoms with Crippen LogP contribution in [0.1, 0.15) is 13.8 Å². The monoisotopic (exact) mass is 154 g/mol. The van der Waals surface area contributed by atoms with E-state index < -0.39 is 5.92 Å². The summed E-state index contributed by atoms with van der Waals surface area (Å²) >= 11 is 0. The summed E-state index contributed by atoms with van der Waals surface area (Å²) in [6, 6.07) is 0. The largest absolute Gasteiger partial charge is 0.402 e. The lowest BCUT2D eigenvalue weighted by Gasteiger charge is -2.00. The van der Waals surface area contributed by atoms with E-state index in [-0.39, 0.29) is 11.8 Å². The molecule has 1 fully saturated rings. The van der Waals surface area contributed by atoms with Crippen molar-refractivity contribution in [2.45, 2.75) is 13.8 Å². The van der Waals surface area contributed by atoms with Crippen molar-refractivity contribution in [1.29, 1.82) is 0 Å². The zero-order valence-corrected chi connectivity index (χ0v) is 6.47. The highest BCUT2D eigenvalue weighted by Crippen LogP contribution is 2.18. The summed E-state index contributed by atoms with van der Waals surface area (Å²) in [5, 5.41) is 2.18. The van der Waals surface area contributed by atoms with Crippen LogP contribution in [0.4, 0.5) is 0 Å². The summed E-state index contributed by atoms with van der Waals surface area (Å²) in [4.78, 5) is 21.8. The highest BCUT2D eigenvalue weighted by atomic mass is 16.2. The van der Waals surface area contributed by atoms with Gasteiger partial charge in [0.2, 0.25) is 5.91 Å². The lowest BCUT2D eigenvalue weighted by Crippen LogP contribution is -2.21. The average Bonchev–Trinajstić information content (AvgIpc) is 2.07. The summed E-state index contributed by atoms with van der Waals surface area (Å²) < 4.78 is 0. The Labute approximate surface area is 64.4 Å². The van der Waals surface area contributed by atoms with Gasteiger partial charge >= 0.3 is 0 Å². The molecule has 1 unspecified atom stereocenters. The van der Waals surface area contributed by atoms with Crippen molar-refractivity contribution >= 4 is 11.8 Å². The Hall–Kier alpha value is -1.32. The van der Waals surface area contributed by atoms with Gasteiger partial charge in [-0.05, 0) is 13.8 Å². The molecule has 2 amide bonds. The number of rotatable bonds is 0. The summed E-state index contributed by atoms with van der Waals surface area (Å²) in [6.07, 6.45) is 0. The Morgan fingerprint density at radius 3 is 2.27 bits per heavy atom. The maximum absolute atomic E-state index is 11.0. The molecule has 0 radical (unpaired) electrons. The zero-order valence-electron chi connectivity index (χ0n) is 6.47. The molecule has 60 valence electrons. The average molecular weight is 154 g/mol. The number of amides is 2. The second-order valence-electron chi connectivity index (χ2n) is 2.64. The van der Waals surface area contributed by atoms with Gasteiger partial charge in [-0.15, -0.1) is 0 Å². The van der Waals surface area contributed by atoms with Crippen LogP contribution in [0.25, 0.3) is 0 Å². The highest BCUT2D eigenvalue weighted by molar-refractivity contribution is 6.14. The van der Waals surface area contributed by atoms with Crippen molar-refractivity contribution in [1.82, 2.24) is 5.32 Å². The van der Waals surface area contributed by atoms with Gasteiger partial charge in [0, 0.05) is 11.3 Å². The first-order valence-corrected chi connectivity index (χ1v) is 3.35. The molecular weight excluding hydrogens is 144 g/mol. The number of imide groups is 1. The van der Waals surface area contributed by atoms with Crippen molar-refractivity contribution in [2.75, 3.05) is 0 Å². The van der Waals surface area contributed by atoms with Crippen LogP contribution in [0, 0.1) is 5.92 Å². The van der Waals surface area contributed by atoms with Crippen molar-refractivity contribution in [3.63, 3.8) is 0 Å². The van der Waals surface area contributed by atoms with E-state index in [1.807, 2.05) is 0 Å². The van der Waals surface area contributed by atoms with E-state index in [0.717, 1.165) is 0 Å². The molecule has 0 aromatic carbocycles. The zero-order chi connectivity index (χ0) is 8.59. The Bertz CT molecular complexity index is 251. The summed E-state index contributed by atoms with van der Waals surface area (Å²) in [5.74, 6) is -1.02. The van der Waals surface area contributed by atoms with E-state index >= 15 is 0 Å². The number of hydrogen-bond donors (Lipinski definition) is 2. The number of allylic oxidation sites excluding steroid dienone is 1. The normalized spacial score (nSPS) is 28.7. The molecule has 11 heavy (non-hydrogen) atoms. The molecule has 0 aromatic rings. The first kappa shape index (κ1) is 7.78. The van der Waals surface area contributed by atoms with Crippen LogP contribution in [-0.2, 0) is 9.59 Å². The minimum absolute atomic E-state index is 0.269. The fourth-order valence-corrected chi connectivity index (χ4v) is 1.14. The molecule has 0 saturated carbocycles. The maximum atomic E-state index is 11.0. The van der Waals surface area contributed by atoms with Gasteiger partial charge in [-0.2, -0.15) is 0 Å². The van der Waals surface area contributed by atoms with Gasteiger partial charge in [0.15, 0.2) is 0 Å². The SMILES string of the molecule is CC(N)=C1C(=O)NC(=O)C1C. The van der Waals surface area contributed by atoms with E-state index in [2.05, 4.69) is 5.32 Å². The molecule has 4 nitrogen and oxygen atoms in total. The van der Waals surface area contributed by atoms with E-state index in [1.54, 1.807) is 13.8 Å². The molecule has 4 heteroatoms. The van der Waals surface area contributed by atoms with E-state index in [9.17, 15) is 9.59 Å². The smallest absolute Gasteiger partial charge is 0.256 e. The van der Waals surface area contributed by atoms with Crippen LogP contribution in [0.15, 0.2) is 11.3 Å². The van der Waals surface area contributed by atoms with Crippen LogP contribution >= 0.6 is 0 Å². The van der Waals surface area contributed by atoms with Gasteiger partial charge in [-0.25, -0.2) is 0 Å². The number of hydrogen-bond acceptors (Lipinski definition) is 3. The number of carbonyl (C=O) groups excluding carboxylic acids is 2. The molecular formula is C7H10N2O2. The summed E-state index contributed by atoms with van der Waals surface area (Å²) in [5.41, 5.74) is 6.22. The van der Waals surface area contributed by atoms with Crippen molar-refractivity contribution < 1.29 is 9.59 Å². The van der Waals surface area contributed by atoms with Gasteiger partial charge < -0.3 is 5.73 Å². The predicted molar refractivity (Wildman–Crippen MR) is 39.2 cm³/mol. The lowest BCUT2D eigenvalue weighted by molar-refractivity contribution is -0.125. The van der Waals surface area contributed by atoms with Crippen LogP contribution < -0.4 is 11.1 Å². The first-order valence-electron chi connectivity index (χ1n) is 3.35. The van der Waals surface area contributed by atoms with E-state index in [0.29, 0.717) is 11.3 Å². The minimum Gasteiger partial charge on any atom is -0.402 e. The van der Waals surface area contributed by atoms with Crippen LogP contribution in [-0.4, -0.2) is 11.8 Å².